The van der Waals surface area contributed by atoms with Gasteiger partial charge in [-0.1, -0.05) is 17.7 Å². The van der Waals surface area contributed by atoms with Crippen LogP contribution in [0.3, 0.4) is 0 Å². The summed E-state index contributed by atoms with van der Waals surface area (Å²) in [5.41, 5.74) is 2.76. The summed E-state index contributed by atoms with van der Waals surface area (Å²) in [5.74, 6) is 1.92. The maximum Gasteiger partial charge on any atom is 0.128 e. The Morgan fingerprint density at radius 3 is 2.90 bits per heavy atom. The molecule has 0 saturated carbocycles. The van der Waals surface area contributed by atoms with E-state index in [0.29, 0.717) is 5.15 Å². The second-order valence-electron chi connectivity index (χ2n) is 5.15. The Balaban J connectivity index is 1.76. The van der Waals surface area contributed by atoms with Crippen LogP contribution in [0.2, 0.25) is 5.15 Å². The smallest absolute Gasteiger partial charge is 0.128 e. The van der Waals surface area contributed by atoms with E-state index < -0.39 is 0 Å². The molecule has 2 aromatic rings. The van der Waals surface area contributed by atoms with Crippen LogP contribution in [-0.2, 0) is 26.6 Å². The van der Waals surface area contributed by atoms with Gasteiger partial charge < -0.3 is 9.30 Å². The lowest BCUT2D eigenvalue weighted by atomic mass is 9.99. The van der Waals surface area contributed by atoms with Crippen molar-refractivity contribution in [2.45, 2.75) is 19.5 Å². The largest absolute Gasteiger partial charge is 0.497 e. The second-order valence-corrected chi connectivity index (χ2v) is 5.54. The summed E-state index contributed by atoms with van der Waals surface area (Å²) in [6, 6.07) is 6.34. The van der Waals surface area contributed by atoms with E-state index in [1.165, 1.54) is 11.1 Å². The third-order valence-corrected chi connectivity index (χ3v) is 4.25. The maximum absolute atomic E-state index is 6.03. The van der Waals surface area contributed by atoms with Crippen LogP contribution in [0.5, 0.6) is 5.75 Å². The molecule has 1 aromatic carbocycles. The average Bonchev–Trinajstić information content (AvgIpc) is 2.78. The summed E-state index contributed by atoms with van der Waals surface area (Å²) in [7, 11) is 3.66. The van der Waals surface area contributed by atoms with Gasteiger partial charge in [-0.15, -0.1) is 0 Å². The van der Waals surface area contributed by atoms with Gasteiger partial charge in [0, 0.05) is 20.1 Å². The summed E-state index contributed by atoms with van der Waals surface area (Å²) < 4.78 is 7.24. The molecule has 20 heavy (non-hydrogen) atoms. The lowest BCUT2D eigenvalue weighted by Gasteiger charge is -2.28. The van der Waals surface area contributed by atoms with Crippen molar-refractivity contribution < 1.29 is 4.74 Å². The fraction of sp³-hybridized carbons (Fsp3) is 0.400. The SMILES string of the molecule is COc1ccc2c(c1)CN(Cc1ncc(Cl)n1C)CC2. The van der Waals surface area contributed by atoms with Gasteiger partial charge >= 0.3 is 0 Å². The first-order valence-electron chi connectivity index (χ1n) is 6.71. The molecule has 0 radical (unpaired) electrons. The molecule has 5 heteroatoms. The summed E-state index contributed by atoms with van der Waals surface area (Å²) in [4.78, 5) is 6.75. The molecule has 0 N–H and O–H groups in total. The number of rotatable bonds is 3. The Morgan fingerprint density at radius 2 is 2.20 bits per heavy atom. The number of ether oxygens (including phenoxy) is 1. The molecule has 0 saturated heterocycles. The quantitative estimate of drug-likeness (QED) is 0.871. The van der Waals surface area contributed by atoms with Crippen molar-refractivity contribution in [1.82, 2.24) is 14.5 Å². The third-order valence-electron chi connectivity index (χ3n) is 3.90. The van der Waals surface area contributed by atoms with Crippen LogP contribution in [0.15, 0.2) is 24.4 Å². The van der Waals surface area contributed by atoms with Gasteiger partial charge in [0.25, 0.3) is 0 Å². The number of hydrogen-bond acceptors (Lipinski definition) is 3. The van der Waals surface area contributed by atoms with Crippen molar-refractivity contribution in [3.8, 4) is 5.75 Å². The number of methoxy groups -OCH3 is 1. The molecule has 2 heterocycles. The van der Waals surface area contributed by atoms with Gasteiger partial charge in [-0.2, -0.15) is 0 Å². The fourth-order valence-electron chi connectivity index (χ4n) is 2.62. The summed E-state index contributed by atoms with van der Waals surface area (Å²) >= 11 is 6.03. The highest BCUT2D eigenvalue weighted by molar-refractivity contribution is 6.29. The van der Waals surface area contributed by atoms with Gasteiger partial charge in [0.1, 0.15) is 16.7 Å². The van der Waals surface area contributed by atoms with E-state index in [1.54, 1.807) is 13.3 Å². The number of nitrogens with zero attached hydrogens (tertiary/aromatic N) is 3. The molecule has 0 bridgehead atoms. The molecule has 0 aliphatic carbocycles. The van der Waals surface area contributed by atoms with Crippen molar-refractivity contribution in [2.24, 2.45) is 7.05 Å². The maximum atomic E-state index is 6.03. The zero-order valence-corrected chi connectivity index (χ0v) is 12.5. The van der Waals surface area contributed by atoms with Crippen LogP contribution in [0.1, 0.15) is 17.0 Å². The Labute approximate surface area is 123 Å². The molecule has 0 atom stereocenters. The Kier molecular flexibility index (Phi) is 3.68. The first-order chi connectivity index (χ1) is 9.67. The third kappa shape index (κ3) is 2.53. The monoisotopic (exact) mass is 291 g/mol. The van der Waals surface area contributed by atoms with Gasteiger partial charge in [0.15, 0.2) is 0 Å². The van der Waals surface area contributed by atoms with Gasteiger partial charge in [0.2, 0.25) is 0 Å². The number of hydrogen-bond donors (Lipinski definition) is 0. The standard InChI is InChI=1S/C15H18ClN3O/c1-18-14(16)8-17-15(18)10-19-6-5-11-3-4-13(20-2)7-12(11)9-19/h3-4,7-8H,5-6,9-10H2,1-2H3. The minimum Gasteiger partial charge on any atom is -0.497 e. The molecule has 0 fully saturated rings. The zero-order chi connectivity index (χ0) is 14.1. The number of halogens is 1. The normalized spacial score (nSPS) is 15.2. The minimum atomic E-state index is 0.680. The van der Waals surface area contributed by atoms with Crippen molar-refractivity contribution in [3.05, 3.63) is 46.5 Å². The van der Waals surface area contributed by atoms with E-state index in [4.69, 9.17) is 16.3 Å². The van der Waals surface area contributed by atoms with E-state index in [-0.39, 0.29) is 0 Å². The predicted octanol–water partition coefficient (Wildman–Crippen LogP) is 2.64. The highest BCUT2D eigenvalue weighted by Gasteiger charge is 2.18. The molecule has 0 unspecified atom stereocenters. The highest BCUT2D eigenvalue weighted by Crippen LogP contribution is 2.24. The molecule has 1 aromatic heterocycles. The van der Waals surface area contributed by atoms with E-state index in [1.807, 2.05) is 17.7 Å². The van der Waals surface area contributed by atoms with E-state index in [0.717, 1.165) is 37.6 Å². The Bertz CT molecular complexity index is 624. The molecule has 1 aliphatic rings. The minimum absolute atomic E-state index is 0.680. The van der Waals surface area contributed by atoms with Crippen LogP contribution in [0.25, 0.3) is 0 Å². The molecule has 1 aliphatic heterocycles. The van der Waals surface area contributed by atoms with Crippen LogP contribution in [0.4, 0.5) is 0 Å². The first-order valence-corrected chi connectivity index (χ1v) is 7.09. The zero-order valence-electron chi connectivity index (χ0n) is 11.8. The van der Waals surface area contributed by atoms with E-state index in [9.17, 15) is 0 Å². The second kappa shape index (κ2) is 5.46. The average molecular weight is 292 g/mol. The van der Waals surface area contributed by atoms with Crippen LogP contribution in [0, 0.1) is 0 Å². The molecule has 3 rings (SSSR count). The van der Waals surface area contributed by atoms with Crippen molar-refractivity contribution in [1.29, 1.82) is 0 Å². The van der Waals surface area contributed by atoms with Crippen LogP contribution >= 0.6 is 11.6 Å². The van der Waals surface area contributed by atoms with Gasteiger partial charge in [0.05, 0.1) is 19.9 Å². The van der Waals surface area contributed by atoms with Crippen molar-refractivity contribution >= 4 is 11.6 Å². The summed E-state index contributed by atoms with van der Waals surface area (Å²) in [6.07, 6.45) is 2.77. The van der Waals surface area contributed by atoms with Gasteiger partial charge in [-0.05, 0) is 29.7 Å². The Morgan fingerprint density at radius 1 is 1.35 bits per heavy atom. The summed E-state index contributed by atoms with van der Waals surface area (Å²) in [6.45, 7) is 2.79. The summed E-state index contributed by atoms with van der Waals surface area (Å²) in [5, 5.41) is 0.680. The molecular weight excluding hydrogens is 274 g/mol. The molecular formula is C15H18ClN3O. The van der Waals surface area contributed by atoms with E-state index in [2.05, 4.69) is 22.0 Å². The highest BCUT2D eigenvalue weighted by atomic mass is 35.5. The Hall–Kier alpha value is -1.52. The molecule has 4 nitrogen and oxygen atoms in total. The van der Waals surface area contributed by atoms with Crippen LogP contribution in [-0.4, -0.2) is 28.1 Å². The van der Waals surface area contributed by atoms with Gasteiger partial charge in [-0.3, -0.25) is 4.90 Å². The van der Waals surface area contributed by atoms with Gasteiger partial charge in [-0.25, -0.2) is 4.98 Å². The number of benzene rings is 1. The first kappa shape index (κ1) is 13.5. The lowest BCUT2D eigenvalue weighted by molar-refractivity contribution is 0.236. The van der Waals surface area contributed by atoms with Crippen LogP contribution < -0.4 is 4.74 Å². The topological polar surface area (TPSA) is 30.3 Å². The van der Waals surface area contributed by atoms with Crippen molar-refractivity contribution in [3.63, 3.8) is 0 Å². The lowest BCUT2D eigenvalue weighted by Crippen LogP contribution is -2.31. The molecule has 0 spiro atoms. The van der Waals surface area contributed by atoms with E-state index >= 15 is 0 Å². The number of imidazole rings is 1. The number of fused-ring (bicyclic) bond motifs is 1. The fourth-order valence-corrected chi connectivity index (χ4v) is 2.77. The van der Waals surface area contributed by atoms with Crippen molar-refractivity contribution in [2.75, 3.05) is 13.7 Å². The molecule has 106 valence electrons. The predicted molar refractivity (Wildman–Crippen MR) is 79.0 cm³/mol. The number of aromatic nitrogens is 2. The molecule has 0 amide bonds.